The number of hydrogen-bond acceptors (Lipinski definition) is 3. The summed E-state index contributed by atoms with van der Waals surface area (Å²) in [6, 6.07) is 14.8. The van der Waals surface area contributed by atoms with Crippen LogP contribution in [0.4, 0.5) is 0 Å². The zero-order chi connectivity index (χ0) is 13.5. The van der Waals surface area contributed by atoms with Gasteiger partial charge in [-0.1, -0.05) is 37.3 Å². The van der Waals surface area contributed by atoms with Gasteiger partial charge in [0.25, 0.3) is 0 Å². The number of pyridine rings is 1. The molecule has 0 bridgehead atoms. The summed E-state index contributed by atoms with van der Waals surface area (Å²) in [6.07, 6.45) is 4.76. The Balaban J connectivity index is 1.99. The Morgan fingerprint density at radius 2 is 1.95 bits per heavy atom. The molecule has 1 aromatic heterocycles. The molecule has 0 spiro atoms. The van der Waals surface area contributed by atoms with E-state index in [0.29, 0.717) is 0 Å². The van der Waals surface area contributed by atoms with E-state index >= 15 is 0 Å². The number of nitrogens with zero attached hydrogens (tertiary/aromatic N) is 1. The Morgan fingerprint density at radius 1 is 1.16 bits per heavy atom. The SMILES string of the molecule is CCc1ccc(C(CCc2ccccn2)NN)cc1. The van der Waals surface area contributed by atoms with E-state index in [1.165, 1.54) is 11.1 Å². The molecule has 3 nitrogen and oxygen atoms in total. The Kier molecular flexibility index (Phi) is 5.07. The quantitative estimate of drug-likeness (QED) is 0.616. The molecule has 0 aliphatic carbocycles. The van der Waals surface area contributed by atoms with Crippen molar-refractivity contribution >= 4 is 0 Å². The summed E-state index contributed by atoms with van der Waals surface area (Å²) < 4.78 is 0. The summed E-state index contributed by atoms with van der Waals surface area (Å²) in [7, 11) is 0. The van der Waals surface area contributed by atoms with Crippen LogP contribution in [0.3, 0.4) is 0 Å². The lowest BCUT2D eigenvalue weighted by Crippen LogP contribution is -2.28. The molecule has 3 heteroatoms. The van der Waals surface area contributed by atoms with Gasteiger partial charge in [0.15, 0.2) is 0 Å². The van der Waals surface area contributed by atoms with E-state index in [-0.39, 0.29) is 6.04 Å². The zero-order valence-electron chi connectivity index (χ0n) is 11.3. The maximum absolute atomic E-state index is 5.67. The third-order valence-electron chi connectivity index (χ3n) is 3.41. The molecule has 2 aromatic rings. The van der Waals surface area contributed by atoms with Gasteiger partial charge in [-0.25, -0.2) is 0 Å². The molecular weight excluding hydrogens is 234 g/mol. The fourth-order valence-corrected chi connectivity index (χ4v) is 2.17. The van der Waals surface area contributed by atoms with E-state index in [2.05, 4.69) is 41.6 Å². The molecule has 0 aliphatic heterocycles. The molecule has 1 unspecified atom stereocenters. The average Bonchev–Trinajstić information content (AvgIpc) is 2.49. The van der Waals surface area contributed by atoms with Crippen molar-refractivity contribution in [3.63, 3.8) is 0 Å². The topological polar surface area (TPSA) is 50.9 Å². The van der Waals surface area contributed by atoms with Crippen molar-refractivity contribution in [1.29, 1.82) is 0 Å². The molecule has 0 fully saturated rings. The second-order valence-corrected chi connectivity index (χ2v) is 4.67. The lowest BCUT2D eigenvalue weighted by molar-refractivity contribution is 0.513. The molecule has 0 saturated heterocycles. The first-order chi connectivity index (χ1) is 9.33. The number of nitrogens with two attached hydrogens (primary N) is 1. The molecule has 19 heavy (non-hydrogen) atoms. The number of hydrogen-bond donors (Lipinski definition) is 2. The summed E-state index contributed by atoms with van der Waals surface area (Å²) >= 11 is 0. The standard InChI is InChI=1S/C16H21N3/c1-2-13-6-8-14(9-7-13)16(19-17)11-10-15-5-3-4-12-18-15/h3-9,12,16,19H,2,10-11,17H2,1H3. The Labute approximate surface area is 114 Å². The highest BCUT2D eigenvalue weighted by atomic mass is 15.2. The first kappa shape index (κ1) is 13.7. The minimum absolute atomic E-state index is 0.174. The lowest BCUT2D eigenvalue weighted by atomic mass is 9.99. The molecule has 100 valence electrons. The Morgan fingerprint density at radius 3 is 2.53 bits per heavy atom. The minimum Gasteiger partial charge on any atom is -0.271 e. The van der Waals surface area contributed by atoms with Gasteiger partial charge in [-0.15, -0.1) is 0 Å². The van der Waals surface area contributed by atoms with Gasteiger partial charge in [0.05, 0.1) is 0 Å². The second kappa shape index (κ2) is 7.02. The van der Waals surface area contributed by atoms with E-state index < -0.39 is 0 Å². The van der Waals surface area contributed by atoms with Gasteiger partial charge in [-0.3, -0.25) is 16.3 Å². The zero-order valence-corrected chi connectivity index (χ0v) is 11.3. The van der Waals surface area contributed by atoms with Crippen LogP contribution in [0, 0.1) is 0 Å². The highest BCUT2D eigenvalue weighted by Crippen LogP contribution is 2.18. The van der Waals surface area contributed by atoms with Gasteiger partial charge in [0.1, 0.15) is 0 Å². The van der Waals surface area contributed by atoms with E-state index in [1.54, 1.807) is 0 Å². The monoisotopic (exact) mass is 255 g/mol. The third-order valence-corrected chi connectivity index (χ3v) is 3.41. The minimum atomic E-state index is 0.174. The third kappa shape index (κ3) is 3.88. The van der Waals surface area contributed by atoms with Crippen LogP contribution in [0.15, 0.2) is 48.7 Å². The predicted octanol–water partition coefficient (Wildman–Crippen LogP) is 2.78. The van der Waals surface area contributed by atoms with Crippen LogP contribution >= 0.6 is 0 Å². The van der Waals surface area contributed by atoms with Gasteiger partial charge in [-0.05, 0) is 42.5 Å². The van der Waals surface area contributed by atoms with Crippen molar-refractivity contribution in [3.8, 4) is 0 Å². The molecule has 0 radical (unpaired) electrons. The van der Waals surface area contributed by atoms with Crippen LogP contribution < -0.4 is 11.3 Å². The summed E-state index contributed by atoms with van der Waals surface area (Å²) in [6.45, 7) is 2.16. The number of hydrazine groups is 1. The fourth-order valence-electron chi connectivity index (χ4n) is 2.17. The summed E-state index contributed by atoms with van der Waals surface area (Å²) in [5, 5.41) is 0. The van der Waals surface area contributed by atoms with Crippen LogP contribution in [0.25, 0.3) is 0 Å². The predicted molar refractivity (Wildman–Crippen MR) is 78.4 cm³/mol. The van der Waals surface area contributed by atoms with Gasteiger partial charge < -0.3 is 0 Å². The van der Waals surface area contributed by atoms with Gasteiger partial charge in [0, 0.05) is 17.9 Å². The van der Waals surface area contributed by atoms with E-state index in [9.17, 15) is 0 Å². The van der Waals surface area contributed by atoms with Crippen molar-refractivity contribution in [2.24, 2.45) is 5.84 Å². The van der Waals surface area contributed by atoms with Crippen molar-refractivity contribution in [2.45, 2.75) is 32.2 Å². The number of benzene rings is 1. The summed E-state index contributed by atoms with van der Waals surface area (Å²) in [5.41, 5.74) is 6.59. The average molecular weight is 255 g/mol. The van der Waals surface area contributed by atoms with Crippen LogP contribution in [-0.2, 0) is 12.8 Å². The molecule has 0 saturated carbocycles. The number of aromatic nitrogens is 1. The Hall–Kier alpha value is -1.71. The van der Waals surface area contributed by atoms with Crippen molar-refractivity contribution in [2.75, 3.05) is 0 Å². The maximum atomic E-state index is 5.67. The van der Waals surface area contributed by atoms with Gasteiger partial charge in [-0.2, -0.15) is 0 Å². The second-order valence-electron chi connectivity index (χ2n) is 4.67. The number of aryl methyl sites for hydroxylation is 2. The fraction of sp³-hybridized carbons (Fsp3) is 0.312. The first-order valence-corrected chi connectivity index (χ1v) is 6.78. The van der Waals surface area contributed by atoms with Crippen LogP contribution in [0.1, 0.15) is 36.2 Å². The van der Waals surface area contributed by atoms with Crippen molar-refractivity contribution in [3.05, 3.63) is 65.5 Å². The highest BCUT2D eigenvalue weighted by Gasteiger charge is 2.09. The Bertz CT molecular complexity index is 479. The molecule has 3 N–H and O–H groups in total. The molecule has 1 heterocycles. The van der Waals surface area contributed by atoms with Crippen LogP contribution in [0.5, 0.6) is 0 Å². The molecule has 0 amide bonds. The van der Waals surface area contributed by atoms with Crippen LogP contribution in [-0.4, -0.2) is 4.98 Å². The number of rotatable bonds is 6. The molecule has 2 rings (SSSR count). The van der Waals surface area contributed by atoms with Crippen LogP contribution in [0.2, 0.25) is 0 Å². The first-order valence-electron chi connectivity index (χ1n) is 6.78. The molecule has 1 atom stereocenters. The molecule has 0 aliphatic rings. The van der Waals surface area contributed by atoms with Crippen molar-refractivity contribution in [1.82, 2.24) is 10.4 Å². The van der Waals surface area contributed by atoms with Gasteiger partial charge >= 0.3 is 0 Å². The van der Waals surface area contributed by atoms with E-state index in [1.807, 2.05) is 24.4 Å². The highest BCUT2D eigenvalue weighted by molar-refractivity contribution is 5.25. The molecular formula is C16H21N3. The largest absolute Gasteiger partial charge is 0.271 e. The lowest BCUT2D eigenvalue weighted by Gasteiger charge is -2.16. The molecule has 1 aromatic carbocycles. The smallest absolute Gasteiger partial charge is 0.0463 e. The van der Waals surface area contributed by atoms with E-state index in [0.717, 1.165) is 25.0 Å². The summed E-state index contributed by atoms with van der Waals surface area (Å²) in [4.78, 5) is 4.34. The van der Waals surface area contributed by atoms with Gasteiger partial charge in [0.2, 0.25) is 0 Å². The number of nitrogens with one attached hydrogen (secondary N) is 1. The maximum Gasteiger partial charge on any atom is 0.0463 e. The van der Waals surface area contributed by atoms with E-state index in [4.69, 9.17) is 5.84 Å². The normalized spacial score (nSPS) is 12.3. The summed E-state index contributed by atoms with van der Waals surface area (Å²) in [5.74, 6) is 5.67. The van der Waals surface area contributed by atoms with Crippen molar-refractivity contribution < 1.29 is 0 Å².